The Morgan fingerprint density at radius 3 is 2.60 bits per heavy atom. The molecule has 0 fully saturated rings. The van der Waals surface area contributed by atoms with Crippen molar-refractivity contribution in [3.63, 3.8) is 0 Å². The van der Waals surface area contributed by atoms with Crippen LogP contribution in [0, 0.1) is 0 Å². The number of rotatable bonds is 5. The van der Waals surface area contributed by atoms with Crippen molar-refractivity contribution in [2.45, 2.75) is 26.9 Å². The molecular weight excluding hydrogens is 214 g/mol. The zero-order valence-corrected chi connectivity index (χ0v) is 10.2. The zero-order valence-electron chi connectivity index (χ0n) is 9.34. The molecule has 0 saturated heterocycles. The van der Waals surface area contributed by atoms with Crippen LogP contribution in [-0.4, -0.2) is 35.3 Å². The van der Waals surface area contributed by atoms with E-state index >= 15 is 0 Å². The normalized spacial score (nSPS) is 12.3. The lowest BCUT2D eigenvalue weighted by Gasteiger charge is -2.14. The molecule has 0 aliphatic rings. The van der Waals surface area contributed by atoms with Gasteiger partial charge in [-0.3, -0.25) is 4.68 Å². The average molecular weight is 231 g/mol. The van der Waals surface area contributed by atoms with E-state index < -0.39 is 10.0 Å². The fourth-order valence-electron chi connectivity index (χ4n) is 1.24. The summed E-state index contributed by atoms with van der Waals surface area (Å²) in [6.07, 6.45) is 3.56. The maximum Gasteiger partial charge on any atom is 0.213 e. The predicted molar refractivity (Wildman–Crippen MR) is 58.8 cm³/mol. The molecule has 0 spiro atoms. The van der Waals surface area contributed by atoms with Crippen LogP contribution in [0.3, 0.4) is 0 Å². The molecule has 1 aromatic heterocycles. The summed E-state index contributed by atoms with van der Waals surface area (Å²) in [6, 6.07) is 0. The lowest BCUT2D eigenvalue weighted by atomic mass is 10.4. The molecule has 6 heteroatoms. The van der Waals surface area contributed by atoms with Crippen molar-refractivity contribution in [2.75, 3.05) is 12.8 Å². The Morgan fingerprint density at radius 2 is 2.13 bits per heavy atom. The third-order valence-corrected chi connectivity index (χ3v) is 4.06. The Balaban J connectivity index is 2.70. The maximum absolute atomic E-state index is 11.5. The molecule has 0 atom stereocenters. The molecule has 0 radical (unpaired) electrons. The van der Waals surface area contributed by atoms with Gasteiger partial charge in [-0.15, -0.1) is 0 Å². The van der Waals surface area contributed by atoms with E-state index in [4.69, 9.17) is 0 Å². The molecule has 5 nitrogen and oxygen atoms in total. The average Bonchev–Trinajstić information content (AvgIpc) is 2.65. The van der Waals surface area contributed by atoms with Gasteiger partial charge in [-0.25, -0.2) is 12.7 Å². The second kappa shape index (κ2) is 4.76. The van der Waals surface area contributed by atoms with Crippen LogP contribution in [-0.2, 0) is 23.1 Å². The van der Waals surface area contributed by atoms with Gasteiger partial charge in [-0.2, -0.15) is 5.10 Å². The van der Waals surface area contributed by atoms with Crippen molar-refractivity contribution in [2.24, 2.45) is 0 Å². The zero-order chi connectivity index (χ0) is 11.5. The van der Waals surface area contributed by atoms with Crippen LogP contribution in [0.2, 0.25) is 0 Å². The van der Waals surface area contributed by atoms with Crippen molar-refractivity contribution in [1.29, 1.82) is 0 Å². The molecule has 15 heavy (non-hydrogen) atoms. The highest BCUT2D eigenvalue weighted by molar-refractivity contribution is 7.89. The Kier molecular flexibility index (Phi) is 3.87. The van der Waals surface area contributed by atoms with Crippen molar-refractivity contribution in [3.05, 3.63) is 18.0 Å². The van der Waals surface area contributed by atoms with Crippen LogP contribution in [0.4, 0.5) is 0 Å². The van der Waals surface area contributed by atoms with Crippen LogP contribution in [0.5, 0.6) is 0 Å². The van der Waals surface area contributed by atoms with E-state index in [1.165, 1.54) is 4.31 Å². The van der Waals surface area contributed by atoms with Crippen LogP contribution in [0.15, 0.2) is 12.4 Å². The van der Waals surface area contributed by atoms with Crippen LogP contribution in [0.25, 0.3) is 0 Å². The van der Waals surface area contributed by atoms with E-state index in [0.717, 1.165) is 12.1 Å². The highest BCUT2D eigenvalue weighted by atomic mass is 32.2. The monoisotopic (exact) mass is 231 g/mol. The summed E-state index contributed by atoms with van der Waals surface area (Å²) >= 11 is 0. The fraction of sp³-hybridized carbons (Fsp3) is 0.667. The molecule has 0 aromatic carbocycles. The van der Waals surface area contributed by atoms with E-state index in [1.54, 1.807) is 24.9 Å². The summed E-state index contributed by atoms with van der Waals surface area (Å²) in [5.74, 6) is 0.130. The Morgan fingerprint density at radius 1 is 1.47 bits per heavy atom. The Hall–Kier alpha value is -0.880. The lowest BCUT2D eigenvalue weighted by Crippen LogP contribution is -2.27. The molecule has 1 heterocycles. The molecule has 1 aromatic rings. The molecule has 1 rings (SSSR count). The van der Waals surface area contributed by atoms with E-state index in [9.17, 15) is 8.42 Å². The lowest BCUT2D eigenvalue weighted by molar-refractivity contribution is 0.467. The Bertz CT molecular complexity index is 411. The summed E-state index contributed by atoms with van der Waals surface area (Å²) in [4.78, 5) is 0. The predicted octanol–water partition coefficient (Wildman–Crippen LogP) is 0.684. The molecule has 86 valence electrons. The highest BCUT2D eigenvalue weighted by Crippen LogP contribution is 2.06. The standard InChI is InChI=1S/C9H17N3O2S/c1-4-12-8-9(6-10-12)7-11(3)15(13,14)5-2/h6,8H,4-5,7H2,1-3H3. The number of hydrogen-bond acceptors (Lipinski definition) is 3. The van der Waals surface area contributed by atoms with Gasteiger partial charge in [0.05, 0.1) is 11.9 Å². The SMILES string of the molecule is CCn1cc(CN(C)S(=O)(=O)CC)cn1. The third kappa shape index (κ3) is 3.04. The second-order valence-electron chi connectivity index (χ2n) is 3.36. The van der Waals surface area contributed by atoms with Gasteiger partial charge in [0, 0.05) is 31.9 Å². The van der Waals surface area contributed by atoms with E-state index in [0.29, 0.717) is 6.54 Å². The number of hydrogen-bond donors (Lipinski definition) is 0. The minimum absolute atomic E-state index is 0.130. The first-order chi connectivity index (χ1) is 6.99. The molecule has 0 unspecified atom stereocenters. The fourth-order valence-corrected chi connectivity index (χ4v) is 2.02. The van der Waals surface area contributed by atoms with Crippen LogP contribution >= 0.6 is 0 Å². The third-order valence-electron chi connectivity index (χ3n) is 2.26. The van der Waals surface area contributed by atoms with Gasteiger partial charge in [-0.1, -0.05) is 0 Å². The highest BCUT2D eigenvalue weighted by Gasteiger charge is 2.15. The minimum atomic E-state index is -3.10. The first-order valence-electron chi connectivity index (χ1n) is 4.95. The van der Waals surface area contributed by atoms with E-state index in [1.807, 2.05) is 13.1 Å². The van der Waals surface area contributed by atoms with Crippen molar-refractivity contribution in [1.82, 2.24) is 14.1 Å². The molecule has 0 bridgehead atoms. The largest absolute Gasteiger partial charge is 0.273 e. The van der Waals surface area contributed by atoms with Crippen molar-refractivity contribution >= 4 is 10.0 Å². The van der Waals surface area contributed by atoms with Crippen LogP contribution in [0.1, 0.15) is 19.4 Å². The number of nitrogens with zero attached hydrogens (tertiary/aromatic N) is 3. The quantitative estimate of drug-likeness (QED) is 0.749. The molecule has 0 N–H and O–H groups in total. The smallest absolute Gasteiger partial charge is 0.213 e. The van der Waals surface area contributed by atoms with Gasteiger partial charge in [0.1, 0.15) is 0 Å². The van der Waals surface area contributed by atoms with Crippen LogP contribution < -0.4 is 0 Å². The number of aromatic nitrogens is 2. The first-order valence-corrected chi connectivity index (χ1v) is 6.55. The van der Waals surface area contributed by atoms with Crippen molar-refractivity contribution < 1.29 is 8.42 Å². The minimum Gasteiger partial charge on any atom is -0.273 e. The van der Waals surface area contributed by atoms with E-state index in [2.05, 4.69) is 5.10 Å². The molecule has 0 aliphatic heterocycles. The molecule has 0 saturated carbocycles. The summed E-state index contributed by atoms with van der Waals surface area (Å²) in [5, 5.41) is 4.09. The molecule has 0 amide bonds. The molecule has 0 aliphatic carbocycles. The summed E-state index contributed by atoms with van der Waals surface area (Å²) in [7, 11) is -1.51. The van der Waals surface area contributed by atoms with Gasteiger partial charge >= 0.3 is 0 Å². The second-order valence-corrected chi connectivity index (χ2v) is 5.73. The summed E-state index contributed by atoms with van der Waals surface area (Å²) in [5.41, 5.74) is 0.913. The number of aryl methyl sites for hydroxylation is 1. The summed E-state index contributed by atoms with van der Waals surface area (Å²) < 4.78 is 26.1. The number of sulfonamides is 1. The Labute approximate surface area is 90.7 Å². The van der Waals surface area contributed by atoms with E-state index in [-0.39, 0.29) is 5.75 Å². The maximum atomic E-state index is 11.5. The van der Waals surface area contributed by atoms with Gasteiger partial charge in [0.15, 0.2) is 0 Å². The topological polar surface area (TPSA) is 55.2 Å². The van der Waals surface area contributed by atoms with Gasteiger partial charge in [0.25, 0.3) is 0 Å². The van der Waals surface area contributed by atoms with Gasteiger partial charge in [0.2, 0.25) is 10.0 Å². The van der Waals surface area contributed by atoms with Crippen molar-refractivity contribution in [3.8, 4) is 0 Å². The first kappa shape index (κ1) is 12.2. The van der Waals surface area contributed by atoms with Gasteiger partial charge in [-0.05, 0) is 13.8 Å². The molecular formula is C9H17N3O2S. The van der Waals surface area contributed by atoms with Gasteiger partial charge < -0.3 is 0 Å². The summed E-state index contributed by atoms with van der Waals surface area (Å²) in [6.45, 7) is 4.81.